The van der Waals surface area contributed by atoms with Gasteiger partial charge in [-0.1, -0.05) is 23.7 Å². The number of rotatable bonds is 7. The molecule has 29 heavy (non-hydrogen) atoms. The van der Waals surface area contributed by atoms with Crippen LogP contribution in [0.15, 0.2) is 50.4 Å². The molecule has 1 fully saturated rings. The van der Waals surface area contributed by atoms with Gasteiger partial charge in [0, 0.05) is 5.02 Å². The first kappa shape index (κ1) is 22.2. The smallest absolute Gasteiger partial charge is 0.245 e. The first-order chi connectivity index (χ1) is 13.8. The van der Waals surface area contributed by atoms with Gasteiger partial charge in [-0.3, -0.25) is 4.79 Å². The number of hydrazone groups is 1. The van der Waals surface area contributed by atoms with Crippen LogP contribution in [-0.4, -0.2) is 31.1 Å². The molecule has 0 aliphatic carbocycles. The fraction of sp³-hybridized carbons (Fsp3) is 0.300. The van der Waals surface area contributed by atoms with Gasteiger partial charge in [-0.2, -0.15) is 5.10 Å². The fourth-order valence-electron chi connectivity index (χ4n) is 2.70. The number of carbonyl (C=O) groups is 1. The molecular formula is C20H19Br2ClN2O4. The Morgan fingerprint density at radius 3 is 2.48 bits per heavy atom. The van der Waals surface area contributed by atoms with Crippen LogP contribution < -0.4 is 10.2 Å². The van der Waals surface area contributed by atoms with Gasteiger partial charge < -0.3 is 14.2 Å². The van der Waals surface area contributed by atoms with Gasteiger partial charge in [0.1, 0.15) is 12.4 Å². The van der Waals surface area contributed by atoms with Crippen molar-refractivity contribution >= 4 is 55.6 Å². The Morgan fingerprint density at radius 2 is 1.86 bits per heavy atom. The molecule has 1 N–H and O–H groups in total. The maximum atomic E-state index is 12.0. The van der Waals surface area contributed by atoms with E-state index in [1.807, 2.05) is 36.4 Å². The van der Waals surface area contributed by atoms with E-state index < -0.39 is 5.79 Å². The minimum absolute atomic E-state index is 0.0786. The van der Waals surface area contributed by atoms with Crippen molar-refractivity contribution < 1.29 is 19.0 Å². The molecule has 9 heteroatoms. The topological polar surface area (TPSA) is 69.2 Å². The Hall–Kier alpha value is -1.45. The van der Waals surface area contributed by atoms with E-state index in [2.05, 4.69) is 42.4 Å². The summed E-state index contributed by atoms with van der Waals surface area (Å²) in [6.07, 6.45) is 1.63. The Kier molecular flexibility index (Phi) is 7.70. The third kappa shape index (κ3) is 6.52. The van der Waals surface area contributed by atoms with Gasteiger partial charge in [0.2, 0.25) is 5.91 Å². The Morgan fingerprint density at radius 1 is 1.24 bits per heavy atom. The van der Waals surface area contributed by atoms with E-state index >= 15 is 0 Å². The molecule has 1 heterocycles. The summed E-state index contributed by atoms with van der Waals surface area (Å²) in [5.74, 6) is -0.495. The van der Waals surface area contributed by atoms with Crippen molar-refractivity contribution in [1.29, 1.82) is 0 Å². The zero-order valence-corrected chi connectivity index (χ0v) is 19.5. The number of ether oxygens (including phenoxy) is 3. The van der Waals surface area contributed by atoms with Gasteiger partial charge in [0.05, 0.1) is 34.8 Å². The van der Waals surface area contributed by atoms with Gasteiger partial charge >= 0.3 is 0 Å². The maximum absolute atomic E-state index is 12.0. The molecule has 0 atom stereocenters. The van der Waals surface area contributed by atoms with E-state index in [1.54, 1.807) is 13.1 Å². The maximum Gasteiger partial charge on any atom is 0.245 e. The number of carbonyl (C=O) groups excluding carboxylic acids is 1. The van der Waals surface area contributed by atoms with Crippen molar-refractivity contribution in [2.45, 2.75) is 25.7 Å². The Bertz CT molecular complexity index is 877. The molecule has 0 aromatic heterocycles. The number of hydrogen-bond donors (Lipinski definition) is 1. The van der Waals surface area contributed by atoms with E-state index in [0.29, 0.717) is 30.6 Å². The molecule has 1 amide bonds. The molecule has 0 bridgehead atoms. The zero-order valence-electron chi connectivity index (χ0n) is 15.6. The zero-order chi connectivity index (χ0) is 20.9. The van der Waals surface area contributed by atoms with Crippen molar-refractivity contribution in [2.75, 3.05) is 13.2 Å². The van der Waals surface area contributed by atoms with Crippen molar-refractivity contribution in [1.82, 2.24) is 5.43 Å². The lowest BCUT2D eigenvalue weighted by Gasteiger charge is -2.20. The minimum Gasteiger partial charge on any atom is -0.487 e. The van der Waals surface area contributed by atoms with Crippen LogP contribution in [0.2, 0.25) is 5.02 Å². The van der Waals surface area contributed by atoms with E-state index in [0.717, 1.165) is 20.1 Å². The molecule has 2 aromatic carbocycles. The molecule has 6 nitrogen and oxygen atoms in total. The predicted octanol–water partition coefficient (Wildman–Crippen LogP) is 5.05. The van der Waals surface area contributed by atoms with E-state index in [1.165, 1.54) is 0 Å². The number of benzene rings is 2. The van der Waals surface area contributed by atoms with Crippen molar-refractivity contribution in [2.24, 2.45) is 5.10 Å². The van der Waals surface area contributed by atoms with Gasteiger partial charge in [-0.05, 0) is 74.2 Å². The summed E-state index contributed by atoms with van der Waals surface area (Å²) < 4.78 is 18.2. The second-order valence-corrected chi connectivity index (χ2v) is 8.67. The molecule has 0 unspecified atom stereocenters. The largest absolute Gasteiger partial charge is 0.487 e. The number of nitrogens with one attached hydrogen (secondary N) is 1. The first-order valence-electron chi connectivity index (χ1n) is 8.81. The Balaban J connectivity index is 1.57. The predicted molar refractivity (Wildman–Crippen MR) is 118 cm³/mol. The lowest BCUT2D eigenvalue weighted by atomic mass is 10.2. The van der Waals surface area contributed by atoms with Crippen molar-refractivity contribution in [3.63, 3.8) is 0 Å². The van der Waals surface area contributed by atoms with Crippen LogP contribution in [0, 0.1) is 0 Å². The lowest BCUT2D eigenvalue weighted by molar-refractivity contribution is -0.159. The number of nitrogens with zero attached hydrogens (tertiary/aromatic N) is 1. The average molecular weight is 547 g/mol. The van der Waals surface area contributed by atoms with Crippen molar-refractivity contribution in [3.8, 4) is 5.75 Å². The lowest BCUT2D eigenvalue weighted by Crippen LogP contribution is -2.33. The van der Waals surface area contributed by atoms with Crippen LogP contribution in [0.25, 0.3) is 0 Å². The van der Waals surface area contributed by atoms with Gasteiger partial charge in [0.15, 0.2) is 5.79 Å². The van der Waals surface area contributed by atoms with E-state index in [4.69, 9.17) is 25.8 Å². The fourth-order valence-corrected chi connectivity index (χ4v) is 4.27. The molecule has 154 valence electrons. The highest BCUT2D eigenvalue weighted by Crippen LogP contribution is 2.35. The van der Waals surface area contributed by atoms with Crippen molar-refractivity contribution in [3.05, 3.63) is 61.5 Å². The van der Waals surface area contributed by atoms with Crippen LogP contribution in [-0.2, 0) is 20.9 Å². The van der Waals surface area contributed by atoms with Gasteiger partial charge in [-0.15, -0.1) is 0 Å². The number of hydrogen-bond acceptors (Lipinski definition) is 5. The quantitative estimate of drug-likeness (QED) is 0.390. The highest BCUT2D eigenvalue weighted by molar-refractivity contribution is 9.11. The third-order valence-electron chi connectivity index (χ3n) is 4.10. The highest BCUT2D eigenvalue weighted by Gasteiger charge is 2.33. The SMILES string of the molecule is CC1(CC(=O)N/N=C/c2cc(Br)c(OCc3ccc(Cl)cc3)c(Br)c2)OCCO1. The molecular weight excluding hydrogens is 527 g/mol. The Labute approximate surface area is 190 Å². The van der Waals surface area contributed by atoms with Crippen LogP contribution in [0.1, 0.15) is 24.5 Å². The molecule has 1 aliphatic heterocycles. The van der Waals surface area contributed by atoms with Crippen LogP contribution in [0.3, 0.4) is 0 Å². The molecule has 3 rings (SSSR count). The summed E-state index contributed by atoms with van der Waals surface area (Å²) in [5, 5.41) is 4.68. The van der Waals surface area contributed by atoms with Gasteiger partial charge in [0.25, 0.3) is 0 Å². The number of amides is 1. The van der Waals surface area contributed by atoms with Gasteiger partial charge in [-0.25, -0.2) is 5.43 Å². The van der Waals surface area contributed by atoms with Crippen LogP contribution in [0.5, 0.6) is 5.75 Å². The summed E-state index contributed by atoms with van der Waals surface area (Å²) in [7, 11) is 0. The number of halogens is 3. The normalized spacial score (nSPS) is 15.6. The third-order valence-corrected chi connectivity index (χ3v) is 5.53. The van der Waals surface area contributed by atoms with E-state index in [9.17, 15) is 4.79 Å². The monoisotopic (exact) mass is 544 g/mol. The van der Waals surface area contributed by atoms with E-state index in [-0.39, 0.29) is 12.3 Å². The first-order valence-corrected chi connectivity index (χ1v) is 10.8. The second kappa shape index (κ2) is 10.0. The molecule has 0 saturated carbocycles. The molecule has 0 radical (unpaired) electrons. The summed E-state index contributed by atoms with van der Waals surface area (Å²) in [4.78, 5) is 12.0. The minimum atomic E-state index is -0.880. The molecule has 1 saturated heterocycles. The average Bonchev–Trinajstić information content (AvgIpc) is 3.08. The highest BCUT2D eigenvalue weighted by atomic mass is 79.9. The van der Waals surface area contributed by atoms with Crippen LogP contribution >= 0.6 is 43.5 Å². The second-order valence-electron chi connectivity index (χ2n) is 6.53. The molecule has 2 aromatic rings. The molecule has 1 aliphatic rings. The summed E-state index contributed by atoms with van der Waals surface area (Å²) in [5.41, 5.74) is 4.27. The summed E-state index contributed by atoms with van der Waals surface area (Å²) >= 11 is 12.9. The standard InChI is InChI=1S/C20H19Br2ClN2O4/c1-20(28-6-7-29-20)10-18(26)25-24-11-14-8-16(21)19(17(22)9-14)27-12-13-2-4-15(23)5-3-13/h2-5,8-9,11H,6-7,10,12H2,1H3,(H,25,26)/b24-11+. The summed E-state index contributed by atoms with van der Waals surface area (Å²) in [6, 6.07) is 11.2. The summed E-state index contributed by atoms with van der Waals surface area (Å²) in [6.45, 7) is 3.12. The molecule has 0 spiro atoms. The van der Waals surface area contributed by atoms with Crippen LogP contribution in [0.4, 0.5) is 0 Å².